The summed E-state index contributed by atoms with van der Waals surface area (Å²) in [5.41, 5.74) is -0.795. The molecule has 0 aliphatic carbocycles. The first-order chi connectivity index (χ1) is 6.77. The first-order valence-electron chi connectivity index (χ1n) is 5.65. The summed E-state index contributed by atoms with van der Waals surface area (Å²) in [4.78, 5) is 11.2. The number of carboxylic acid groups (broad SMARTS) is 1. The first-order valence-corrected chi connectivity index (χ1v) is 5.65. The van der Waals surface area contributed by atoms with E-state index in [-0.39, 0.29) is 5.60 Å². The third-order valence-electron chi connectivity index (χ3n) is 2.92. The molecule has 0 aromatic rings. The predicted molar refractivity (Wildman–Crippen MR) is 61.0 cm³/mol. The Bertz CT molecular complexity index is 199. The predicted octanol–water partition coefficient (Wildman–Crippen LogP) is 3.08. The lowest BCUT2D eigenvalue weighted by Gasteiger charge is -2.28. The summed E-state index contributed by atoms with van der Waals surface area (Å²) in [7, 11) is 0. The van der Waals surface area contributed by atoms with Gasteiger partial charge in [-0.2, -0.15) is 0 Å². The lowest BCUT2D eigenvalue weighted by Crippen LogP contribution is -2.32. The first kappa shape index (κ1) is 14.4. The topological polar surface area (TPSA) is 46.5 Å². The molecule has 0 amide bonds. The van der Waals surface area contributed by atoms with Gasteiger partial charge < -0.3 is 9.84 Å². The zero-order chi connectivity index (χ0) is 12.1. The highest BCUT2D eigenvalue weighted by Crippen LogP contribution is 2.31. The standard InChI is InChI=1S/C12H24O3/c1-6-12(7-2,10(13)14)8-9-15-11(3,4)5/h6-9H2,1-5H3,(H,13,14). The van der Waals surface area contributed by atoms with E-state index in [0.29, 0.717) is 25.9 Å². The Labute approximate surface area is 92.8 Å². The largest absolute Gasteiger partial charge is 0.481 e. The molecule has 0 radical (unpaired) electrons. The molecular formula is C12H24O3. The van der Waals surface area contributed by atoms with Crippen molar-refractivity contribution in [1.29, 1.82) is 0 Å². The highest BCUT2D eigenvalue weighted by Gasteiger charge is 2.34. The van der Waals surface area contributed by atoms with Gasteiger partial charge in [0.1, 0.15) is 0 Å². The van der Waals surface area contributed by atoms with Gasteiger partial charge in [0, 0.05) is 6.61 Å². The van der Waals surface area contributed by atoms with Crippen molar-refractivity contribution >= 4 is 5.97 Å². The summed E-state index contributed by atoms with van der Waals surface area (Å²) in [5.74, 6) is -0.704. The molecule has 0 bridgehead atoms. The Morgan fingerprint density at radius 3 is 1.93 bits per heavy atom. The average Bonchev–Trinajstić information content (AvgIpc) is 2.10. The summed E-state index contributed by atoms with van der Waals surface area (Å²) >= 11 is 0. The third kappa shape index (κ3) is 4.65. The van der Waals surface area contributed by atoms with Crippen LogP contribution in [0.25, 0.3) is 0 Å². The Kier molecular flexibility index (Phi) is 5.29. The number of hydrogen-bond donors (Lipinski definition) is 1. The van der Waals surface area contributed by atoms with Crippen molar-refractivity contribution in [3.63, 3.8) is 0 Å². The minimum atomic E-state index is -0.704. The minimum absolute atomic E-state index is 0.189. The smallest absolute Gasteiger partial charge is 0.309 e. The molecule has 0 aliphatic heterocycles. The average molecular weight is 216 g/mol. The van der Waals surface area contributed by atoms with Gasteiger partial charge in [0.05, 0.1) is 11.0 Å². The van der Waals surface area contributed by atoms with E-state index in [4.69, 9.17) is 4.74 Å². The minimum Gasteiger partial charge on any atom is -0.481 e. The monoisotopic (exact) mass is 216 g/mol. The highest BCUT2D eigenvalue weighted by molar-refractivity contribution is 5.74. The van der Waals surface area contributed by atoms with Crippen molar-refractivity contribution in [2.45, 2.75) is 59.5 Å². The fourth-order valence-electron chi connectivity index (χ4n) is 1.57. The molecule has 0 saturated carbocycles. The van der Waals surface area contributed by atoms with Gasteiger partial charge >= 0.3 is 5.97 Å². The van der Waals surface area contributed by atoms with Crippen LogP contribution in [0.3, 0.4) is 0 Å². The van der Waals surface area contributed by atoms with Gasteiger partial charge in [-0.3, -0.25) is 4.79 Å². The van der Waals surface area contributed by atoms with Crippen molar-refractivity contribution < 1.29 is 14.6 Å². The second-order valence-corrected chi connectivity index (χ2v) is 5.00. The Morgan fingerprint density at radius 2 is 1.67 bits per heavy atom. The lowest BCUT2D eigenvalue weighted by molar-refractivity contribution is -0.151. The molecule has 0 aliphatic rings. The van der Waals surface area contributed by atoms with Gasteiger partial charge in [0.15, 0.2) is 0 Å². The van der Waals surface area contributed by atoms with Crippen LogP contribution < -0.4 is 0 Å². The van der Waals surface area contributed by atoms with Gasteiger partial charge in [-0.05, 0) is 40.0 Å². The van der Waals surface area contributed by atoms with Crippen LogP contribution in [0, 0.1) is 5.41 Å². The van der Waals surface area contributed by atoms with E-state index in [1.165, 1.54) is 0 Å². The van der Waals surface area contributed by atoms with Crippen LogP contribution >= 0.6 is 0 Å². The number of rotatable bonds is 6. The molecule has 0 saturated heterocycles. The molecule has 0 heterocycles. The summed E-state index contributed by atoms with van der Waals surface area (Å²) in [6.45, 7) is 10.3. The van der Waals surface area contributed by atoms with E-state index in [1.54, 1.807) is 0 Å². The molecule has 0 rings (SSSR count). The molecule has 3 nitrogen and oxygen atoms in total. The van der Waals surface area contributed by atoms with E-state index in [0.717, 1.165) is 0 Å². The van der Waals surface area contributed by atoms with Crippen molar-refractivity contribution in [3.05, 3.63) is 0 Å². The Morgan fingerprint density at radius 1 is 1.20 bits per heavy atom. The number of aliphatic carboxylic acids is 1. The molecule has 3 heteroatoms. The molecule has 0 spiro atoms. The molecule has 1 N–H and O–H groups in total. The molecule has 0 aromatic carbocycles. The fraction of sp³-hybridized carbons (Fsp3) is 0.917. The SMILES string of the molecule is CCC(CC)(CCOC(C)(C)C)C(=O)O. The van der Waals surface area contributed by atoms with E-state index in [1.807, 2.05) is 34.6 Å². The van der Waals surface area contributed by atoms with Crippen LogP contribution in [0.15, 0.2) is 0 Å². The maximum Gasteiger partial charge on any atom is 0.309 e. The van der Waals surface area contributed by atoms with Crippen molar-refractivity contribution in [1.82, 2.24) is 0 Å². The Hall–Kier alpha value is -0.570. The molecule has 0 atom stereocenters. The second-order valence-electron chi connectivity index (χ2n) is 5.00. The van der Waals surface area contributed by atoms with Gasteiger partial charge in [0.2, 0.25) is 0 Å². The van der Waals surface area contributed by atoms with Crippen molar-refractivity contribution in [3.8, 4) is 0 Å². The summed E-state index contributed by atoms with van der Waals surface area (Å²) in [6, 6.07) is 0. The van der Waals surface area contributed by atoms with Crippen LogP contribution in [-0.2, 0) is 9.53 Å². The second kappa shape index (κ2) is 5.50. The summed E-state index contributed by atoms with van der Waals surface area (Å²) < 4.78 is 5.58. The molecule has 0 fully saturated rings. The van der Waals surface area contributed by atoms with Crippen LogP contribution in [0.5, 0.6) is 0 Å². The normalized spacial score (nSPS) is 12.9. The van der Waals surface area contributed by atoms with E-state index in [2.05, 4.69) is 0 Å². The fourth-order valence-corrected chi connectivity index (χ4v) is 1.57. The van der Waals surface area contributed by atoms with Gasteiger partial charge in [-0.1, -0.05) is 13.8 Å². The van der Waals surface area contributed by atoms with Crippen LogP contribution in [-0.4, -0.2) is 23.3 Å². The van der Waals surface area contributed by atoms with E-state index in [9.17, 15) is 9.90 Å². The van der Waals surface area contributed by atoms with Crippen molar-refractivity contribution in [2.75, 3.05) is 6.61 Å². The number of carbonyl (C=O) groups is 1. The number of carboxylic acids is 1. The Balaban J connectivity index is 4.26. The van der Waals surface area contributed by atoms with Gasteiger partial charge in [-0.15, -0.1) is 0 Å². The molecule has 0 unspecified atom stereocenters. The van der Waals surface area contributed by atoms with Crippen LogP contribution in [0.4, 0.5) is 0 Å². The number of hydrogen-bond acceptors (Lipinski definition) is 2. The summed E-state index contributed by atoms with van der Waals surface area (Å²) in [5, 5.41) is 9.20. The highest BCUT2D eigenvalue weighted by atomic mass is 16.5. The van der Waals surface area contributed by atoms with E-state index >= 15 is 0 Å². The maximum absolute atomic E-state index is 11.2. The quantitative estimate of drug-likeness (QED) is 0.742. The molecule has 15 heavy (non-hydrogen) atoms. The lowest BCUT2D eigenvalue weighted by atomic mass is 9.79. The van der Waals surface area contributed by atoms with Crippen LogP contribution in [0.2, 0.25) is 0 Å². The van der Waals surface area contributed by atoms with Crippen molar-refractivity contribution in [2.24, 2.45) is 5.41 Å². The molecule has 0 aromatic heterocycles. The third-order valence-corrected chi connectivity index (χ3v) is 2.92. The van der Waals surface area contributed by atoms with Gasteiger partial charge in [-0.25, -0.2) is 0 Å². The number of ether oxygens (including phenoxy) is 1. The zero-order valence-electron chi connectivity index (χ0n) is 10.6. The maximum atomic E-state index is 11.2. The van der Waals surface area contributed by atoms with Gasteiger partial charge in [0.25, 0.3) is 0 Å². The van der Waals surface area contributed by atoms with Crippen LogP contribution in [0.1, 0.15) is 53.9 Å². The zero-order valence-corrected chi connectivity index (χ0v) is 10.6. The van der Waals surface area contributed by atoms with E-state index < -0.39 is 11.4 Å². The molecular weight excluding hydrogens is 192 g/mol. The summed E-state index contributed by atoms with van der Waals surface area (Å²) in [6.07, 6.45) is 1.91. The molecule has 90 valence electrons.